The van der Waals surface area contributed by atoms with Gasteiger partial charge in [0.1, 0.15) is 10.7 Å². The fourth-order valence-corrected chi connectivity index (χ4v) is 3.49. The first kappa shape index (κ1) is 13.4. The van der Waals surface area contributed by atoms with E-state index >= 15 is 0 Å². The van der Waals surface area contributed by atoms with Crippen molar-refractivity contribution in [1.29, 1.82) is 0 Å². The van der Waals surface area contributed by atoms with Gasteiger partial charge in [-0.25, -0.2) is 8.42 Å². The van der Waals surface area contributed by atoms with E-state index in [1.54, 1.807) is 19.2 Å². The Morgan fingerprint density at radius 3 is 2.67 bits per heavy atom. The zero-order valence-electron chi connectivity index (χ0n) is 9.26. The molecule has 1 heterocycles. The van der Waals surface area contributed by atoms with Gasteiger partial charge in [0.15, 0.2) is 0 Å². The van der Waals surface area contributed by atoms with Gasteiger partial charge in [0, 0.05) is 17.6 Å². The number of benzene rings is 1. The van der Waals surface area contributed by atoms with Crippen molar-refractivity contribution in [1.82, 2.24) is 9.78 Å². The molecule has 0 saturated heterocycles. The van der Waals surface area contributed by atoms with Crippen LogP contribution in [-0.4, -0.2) is 18.2 Å². The molecule has 96 valence electrons. The maximum Gasteiger partial charge on any atom is 0.264 e. The number of halogens is 2. The normalized spacial score (nSPS) is 11.5. The lowest BCUT2D eigenvalue weighted by molar-refractivity contribution is 0.600. The number of aromatic nitrogens is 2. The monoisotopic (exact) mass is 349 g/mol. The van der Waals surface area contributed by atoms with Crippen LogP contribution >= 0.6 is 27.5 Å². The molecule has 0 atom stereocenters. The number of rotatable bonds is 3. The molecule has 0 amide bonds. The number of aryl methyl sites for hydroxylation is 1. The molecule has 0 aliphatic heterocycles. The molecule has 5 nitrogen and oxygen atoms in total. The third-order valence-corrected chi connectivity index (χ3v) is 4.57. The van der Waals surface area contributed by atoms with Gasteiger partial charge in [0.2, 0.25) is 0 Å². The average Bonchev–Trinajstić information content (AvgIpc) is 2.63. The Bertz CT molecular complexity index is 684. The average molecular weight is 351 g/mol. The fourth-order valence-electron chi connectivity index (χ4n) is 1.36. The molecule has 0 aliphatic carbocycles. The third kappa shape index (κ3) is 2.68. The first-order valence-electron chi connectivity index (χ1n) is 4.86. The van der Waals surface area contributed by atoms with Gasteiger partial charge in [-0.05, 0) is 18.2 Å². The summed E-state index contributed by atoms with van der Waals surface area (Å²) in [5.41, 5.74) is 0. The summed E-state index contributed by atoms with van der Waals surface area (Å²) in [5.74, 6) is 0.369. The summed E-state index contributed by atoms with van der Waals surface area (Å²) in [6.45, 7) is 0. The molecule has 1 aromatic heterocycles. The molecular weight excluding hydrogens is 342 g/mol. The van der Waals surface area contributed by atoms with E-state index in [-0.39, 0.29) is 9.92 Å². The van der Waals surface area contributed by atoms with Crippen molar-refractivity contribution in [2.45, 2.75) is 4.90 Å². The highest BCUT2D eigenvalue weighted by atomic mass is 79.9. The van der Waals surface area contributed by atoms with Crippen LogP contribution in [0.4, 0.5) is 5.82 Å². The summed E-state index contributed by atoms with van der Waals surface area (Å²) in [6.07, 6.45) is 1.50. The highest BCUT2D eigenvalue weighted by Crippen LogP contribution is 2.26. The minimum Gasteiger partial charge on any atom is -0.264 e. The topological polar surface area (TPSA) is 64.0 Å². The second-order valence-corrected chi connectivity index (χ2v) is 6.49. The summed E-state index contributed by atoms with van der Waals surface area (Å²) in [5, 5.41) is 4.03. The van der Waals surface area contributed by atoms with E-state index < -0.39 is 10.0 Å². The molecule has 0 saturated carbocycles. The largest absolute Gasteiger partial charge is 0.264 e. The number of nitrogens with one attached hydrogen (secondary N) is 1. The molecule has 1 aromatic carbocycles. The maximum absolute atomic E-state index is 12.1. The van der Waals surface area contributed by atoms with Crippen molar-refractivity contribution >= 4 is 43.4 Å². The Morgan fingerprint density at radius 1 is 1.39 bits per heavy atom. The van der Waals surface area contributed by atoms with Crippen LogP contribution in [0.25, 0.3) is 0 Å². The Hall–Kier alpha value is -1.05. The highest BCUT2D eigenvalue weighted by Gasteiger charge is 2.19. The third-order valence-electron chi connectivity index (χ3n) is 2.24. The van der Waals surface area contributed by atoms with E-state index in [1.807, 2.05) is 0 Å². The number of hydrogen-bond acceptors (Lipinski definition) is 3. The summed E-state index contributed by atoms with van der Waals surface area (Å²) in [7, 11) is -2.08. The second-order valence-electron chi connectivity index (χ2n) is 3.52. The van der Waals surface area contributed by atoms with Crippen LogP contribution in [0.5, 0.6) is 0 Å². The summed E-state index contributed by atoms with van der Waals surface area (Å²) in [6, 6.07) is 6.14. The first-order chi connectivity index (χ1) is 8.40. The maximum atomic E-state index is 12.1. The van der Waals surface area contributed by atoms with Crippen LogP contribution in [0, 0.1) is 0 Å². The van der Waals surface area contributed by atoms with Crippen LogP contribution < -0.4 is 4.72 Å². The molecule has 2 rings (SSSR count). The fraction of sp³-hybridized carbons (Fsp3) is 0.100. The summed E-state index contributed by atoms with van der Waals surface area (Å²) >= 11 is 9.14. The first-order valence-corrected chi connectivity index (χ1v) is 7.51. The zero-order chi connectivity index (χ0) is 13.3. The number of hydrogen-bond donors (Lipinski definition) is 1. The predicted molar refractivity (Wildman–Crippen MR) is 73.2 cm³/mol. The van der Waals surface area contributed by atoms with Gasteiger partial charge in [-0.2, -0.15) is 5.10 Å². The van der Waals surface area contributed by atoms with Crippen molar-refractivity contribution in [3.8, 4) is 0 Å². The molecule has 18 heavy (non-hydrogen) atoms. The minimum absolute atomic E-state index is 0.0218. The second kappa shape index (κ2) is 4.91. The molecule has 8 heteroatoms. The minimum atomic E-state index is -3.72. The smallest absolute Gasteiger partial charge is 0.264 e. The summed E-state index contributed by atoms with van der Waals surface area (Å²) in [4.78, 5) is 0.0218. The number of nitrogens with zero attached hydrogens (tertiary/aromatic N) is 2. The molecule has 0 unspecified atom stereocenters. The van der Waals surface area contributed by atoms with Crippen molar-refractivity contribution < 1.29 is 8.42 Å². The van der Waals surface area contributed by atoms with Crippen molar-refractivity contribution in [2.75, 3.05) is 4.72 Å². The lowest BCUT2D eigenvalue weighted by Gasteiger charge is -2.09. The van der Waals surface area contributed by atoms with E-state index in [2.05, 4.69) is 25.8 Å². The van der Waals surface area contributed by atoms with Gasteiger partial charge in [-0.1, -0.05) is 27.5 Å². The van der Waals surface area contributed by atoms with Crippen molar-refractivity contribution in [2.24, 2.45) is 7.05 Å². The van der Waals surface area contributed by atoms with Gasteiger partial charge in [0.25, 0.3) is 10.0 Å². The van der Waals surface area contributed by atoms with Gasteiger partial charge < -0.3 is 0 Å². The van der Waals surface area contributed by atoms with Crippen LogP contribution in [0.15, 0.2) is 39.8 Å². The van der Waals surface area contributed by atoms with Crippen molar-refractivity contribution in [3.05, 3.63) is 40.0 Å². The van der Waals surface area contributed by atoms with Gasteiger partial charge in [-0.15, -0.1) is 0 Å². The van der Waals surface area contributed by atoms with Gasteiger partial charge in [0.05, 0.1) is 11.2 Å². The Labute approximate surface area is 118 Å². The molecule has 0 bridgehead atoms. The highest BCUT2D eigenvalue weighted by molar-refractivity contribution is 9.10. The quantitative estimate of drug-likeness (QED) is 0.925. The molecule has 0 aliphatic rings. The number of anilines is 1. The predicted octanol–water partition coefficient (Wildman–Crippen LogP) is 2.64. The van der Waals surface area contributed by atoms with Crippen LogP contribution in [0.1, 0.15) is 0 Å². The van der Waals surface area contributed by atoms with Crippen molar-refractivity contribution in [3.63, 3.8) is 0 Å². The standard InChI is InChI=1S/C10H9BrClN3O2S/c1-15-10(4-5-13-15)14-18(16,17)9-3-2-7(11)6-8(9)12/h2-6,14H,1H3. The number of sulfonamides is 1. The molecule has 2 aromatic rings. The van der Waals surface area contributed by atoms with E-state index in [1.165, 1.54) is 23.0 Å². The van der Waals surface area contributed by atoms with Crippen LogP contribution in [-0.2, 0) is 17.1 Å². The van der Waals surface area contributed by atoms with Crippen LogP contribution in [0.3, 0.4) is 0 Å². The zero-order valence-corrected chi connectivity index (χ0v) is 12.4. The van der Waals surface area contributed by atoms with Gasteiger partial charge >= 0.3 is 0 Å². The van der Waals surface area contributed by atoms with E-state index in [9.17, 15) is 8.42 Å². The Morgan fingerprint density at radius 2 is 2.11 bits per heavy atom. The van der Waals surface area contributed by atoms with Crippen LogP contribution in [0.2, 0.25) is 5.02 Å². The lowest BCUT2D eigenvalue weighted by Crippen LogP contribution is -2.15. The SMILES string of the molecule is Cn1nccc1NS(=O)(=O)c1ccc(Br)cc1Cl. The van der Waals surface area contributed by atoms with Gasteiger partial charge in [-0.3, -0.25) is 9.40 Å². The Balaban J connectivity index is 2.40. The van der Waals surface area contributed by atoms with E-state index in [0.29, 0.717) is 10.3 Å². The Kier molecular flexibility index (Phi) is 3.65. The molecule has 0 fully saturated rings. The van der Waals surface area contributed by atoms with E-state index in [0.717, 1.165) is 0 Å². The molecular formula is C10H9BrClN3O2S. The molecule has 0 radical (unpaired) electrons. The molecule has 0 spiro atoms. The lowest BCUT2D eigenvalue weighted by atomic mass is 10.4. The molecule has 1 N–H and O–H groups in total. The van der Waals surface area contributed by atoms with E-state index in [4.69, 9.17) is 11.6 Å². The summed E-state index contributed by atoms with van der Waals surface area (Å²) < 4.78 is 28.8.